The molecule has 1 heterocycles. The van der Waals surface area contributed by atoms with Crippen molar-refractivity contribution in [3.8, 4) is 0 Å². The summed E-state index contributed by atoms with van der Waals surface area (Å²) in [5.41, 5.74) is 2.88. The minimum absolute atomic E-state index is 0.201. The molecule has 1 aromatic carbocycles. The third-order valence-corrected chi connectivity index (χ3v) is 4.78. The van der Waals surface area contributed by atoms with Crippen LogP contribution in [-0.4, -0.2) is 22.0 Å². The van der Waals surface area contributed by atoms with Gasteiger partial charge in [-0.05, 0) is 37.7 Å². The van der Waals surface area contributed by atoms with Gasteiger partial charge < -0.3 is 5.32 Å². The number of benzene rings is 1. The lowest BCUT2D eigenvalue weighted by atomic mass is 10.1. The fourth-order valence-corrected chi connectivity index (χ4v) is 3.47. The number of anilines is 1. The third kappa shape index (κ3) is 2.61. The quantitative estimate of drug-likeness (QED) is 0.672. The van der Waals surface area contributed by atoms with E-state index in [2.05, 4.69) is 12.2 Å². The van der Waals surface area contributed by atoms with Gasteiger partial charge in [0.05, 0.1) is 4.92 Å². The van der Waals surface area contributed by atoms with Gasteiger partial charge in [-0.2, -0.15) is 11.8 Å². The summed E-state index contributed by atoms with van der Waals surface area (Å²) >= 11 is 1.97. The number of nitro groups is 1. The van der Waals surface area contributed by atoms with E-state index in [0.29, 0.717) is 16.9 Å². The van der Waals surface area contributed by atoms with E-state index in [-0.39, 0.29) is 10.6 Å². The summed E-state index contributed by atoms with van der Waals surface area (Å²) in [7, 11) is 0. The summed E-state index contributed by atoms with van der Waals surface area (Å²) in [6.07, 6.45) is 1.15. The lowest BCUT2D eigenvalue weighted by Crippen LogP contribution is -2.25. The van der Waals surface area contributed by atoms with E-state index < -0.39 is 0 Å². The molecule has 5 heteroatoms. The van der Waals surface area contributed by atoms with Gasteiger partial charge in [0.1, 0.15) is 0 Å². The second kappa shape index (κ2) is 5.18. The van der Waals surface area contributed by atoms with Crippen molar-refractivity contribution in [1.29, 1.82) is 0 Å². The number of hydrogen-bond acceptors (Lipinski definition) is 4. The Morgan fingerprint density at radius 1 is 1.39 bits per heavy atom. The van der Waals surface area contributed by atoms with Gasteiger partial charge in [-0.25, -0.2) is 0 Å². The van der Waals surface area contributed by atoms with Crippen LogP contribution in [0, 0.1) is 24.0 Å². The molecule has 1 N–H and O–H groups in total. The summed E-state index contributed by atoms with van der Waals surface area (Å²) in [5.74, 6) is 1.18. The second-order valence-corrected chi connectivity index (χ2v) is 6.31. The molecular formula is C13H18N2O2S. The van der Waals surface area contributed by atoms with Gasteiger partial charge in [0, 0.05) is 28.6 Å². The number of thioether (sulfide) groups is 1. The smallest absolute Gasteiger partial charge is 0.272 e. The normalized spacial score (nSPS) is 23.1. The molecule has 0 amide bonds. The first kappa shape index (κ1) is 13.2. The zero-order chi connectivity index (χ0) is 13.3. The summed E-state index contributed by atoms with van der Waals surface area (Å²) < 4.78 is 0. The molecule has 2 atom stereocenters. The summed E-state index contributed by atoms with van der Waals surface area (Å²) in [6.45, 7) is 5.93. The average Bonchev–Trinajstić information content (AvgIpc) is 2.69. The lowest BCUT2D eigenvalue weighted by Gasteiger charge is -2.19. The standard InChI is InChI=1S/C13H18N2O2S/c1-8-7-13(15(16)17)9(2)6-12(8)14-11-4-5-18-10(11)3/h6-7,10-11,14H,4-5H2,1-3H3. The van der Waals surface area contributed by atoms with Crippen LogP contribution in [0.25, 0.3) is 0 Å². The molecule has 0 bridgehead atoms. The van der Waals surface area contributed by atoms with E-state index in [9.17, 15) is 10.1 Å². The molecule has 1 aromatic rings. The highest BCUT2D eigenvalue weighted by molar-refractivity contribution is 8.00. The molecule has 0 aromatic heterocycles. The van der Waals surface area contributed by atoms with E-state index in [0.717, 1.165) is 17.7 Å². The van der Waals surface area contributed by atoms with E-state index in [1.807, 2.05) is 24.8 Å². The number of aryl methyl sites for hydroxylation is 2. The molecule has 0 aliphatic carbocycles. The van der Waals surface area contributed by atoms with Crippen molar-refractivity contribution in [3.05, 3.63) is 33.4 Å². The number of hydrogen-bond donors (Lipinski definition) is 1. The van der Waals surface area contributed by atoms with Crippen LogP contribution in [0.2, 0.25) is 0 Å². The van der Waals surface area contributed by atoms with Crippen molar-refractivity contribution in [1.82, 2.24) is 0 Å². The minimum Gasteiger partial charge on any atom is -0.381 e. The van der Waals surface area contributed by atoms with Crippen LogP contribution >= 0.6 is 11.8 Å². The summed E-state index contributed by atoms with van der Waals surface area (Å²) in [6, 6.07) is 4.02. The number of nitro benzene ring substituents is 1. The molecule has 1 fully saturated rings. The van der Waals surface area contributed by atoms with Gasteiger partial charge in [-0.1, -0.05) is 6.92 Å². The third-order valence-electron chi connectivity index (χ3n) is 3.46. The maximum atomic E-state index is 10.9. The monoisotopic (exact) mass is 266 g/mol. The maximum absolute atomic E-state index is 10.9. The van der Waals surface area contributed by atoms with Gasteiger partial charge in [0.2, 0.25) is 0 Å². The lowest BCUT2D eigenvalue weighted by molar-refractivity contribution is -0.385. The van der Waals surface area contributed by atoms with E-state index in [1.165, 1.54) is 5.75 Å². The zero-order valence-corrected chi connectivity index (χ0v) is 11.7. The van der Waals surface area contributed by atoms with Gasteiger partial charge in [0.15, 0.2) is 0 Å². The molecule has 0 saturated carbocycles. The van der Waals surface area contributed by atoms with E-state index in [4.69, 9.17) is 0 Å². The molecule has 1 saturated heterocycles. The van der Waals surface area contributed by atoms with Gasteiger partial charge in [-0.15, -0.1) is 0 Å². The molecule has 4 nitrogen and oxygen atoms in total. The van der Waals surface area contributed by atoms with Crippen LogP contribution < -0.4 is 5.32 Å². The predicted molar refractivity (Wildman–Crippen MR) is 76.5 cm³/mol. The number of nitrogens with one attached hydrogen (secondary N) is 1. The molecule has 1 aliphatic rings. The number of nitrogens with zero attached hydrogens (tertiary/aromatic N) is 1. The maximum Gasteiger partial charge on any atom is 0.272 e. The Hall–Kier alpha value is -1.23. The van der Waals surface area contributed by atoms with Crippen LogP contribution in [0.3, 0.4) is 0 Å². The second-order valence-electron chi connectivity index (χ2n) is 4.83. The Morgan fingerprint density at radius 2 is 2.11 bits per heavy atom. The first-order chi connectivity index (χ1) is 8.49. The zero-order valence-electron chi connectivity index (χ0n) is 10.9. The molecule has 2 unspecified atom stereocenters. The van der Waals surface area contributed by atoms with E-state index >= 15 is 0 Å². The molecule has 0 spiro atoms. The van der Waals surface area contributed by atoms with Gasteiger partial charge in [0.25, 0.3) is 5.69 Å². The SMILES string of the molecule is Cc1cc([N+](=O)[O-])c(C)cc1NC1CCSC1C. The first-order valence-corrected chi connectivity index (χ1v) is 7.17. The van der Waals surface area contributed by atoms with Crippen molar-refractivity contribution >= 4 is 23.1 Å². The minimum atomic E-state index is -0.319. The topological polar surface area (TPSA) is 55.2 Å². The number of rotatable bonds is 3. The fraction of sp³-hybridized carbons (Fsp3) is 0.538. The first-order valence-electron chi connectivity index (χ1n) is 6.13. The molecule has 0 radical (unpaired) electrons. The van der Waals surface area contributed by atoms with Crippen molar-refractivity contribution in [2.24, 2.45) is 0 Å². The van der Waals surface area contributed by atoms with Crippen LogP contribution in [0.15, 0.2) is 12.1 Å². The van der Waals surface area contributed by atoms with Crippen LogP contribution in [-0.2, 0) is 0 Å². The largest absolute Gasteiger partial charge is 0.381 e. The Morgan fingerprint density at radius 3 is 2.67 bits per heavy atom. The highest BCUT2D eigenvalue weighted by Gasteiger charge is 2.24. The van der Waals surface area contributed by atoms with Crippen LogP contribution in [0.4, 0.5) is 11.4 Å². The average molecular weight is 266 g/mol. The van der Waals surface area contributed by atoms with Crippen LogP contribution in [0.5, 0.6) is 0 Å². The Labute approximate surface area is 111 Å². The Bertz CT molecular complexity index is 476. The van der Waals surface area contributed by atoms with Crippen molar-refractivity contribution in [3.63, 3.8) is 0 Å². The predicted octanol–water partition coefficient (Wildman–Crippen LogP) is 3.52. The summed E-state index contributed by atoms with van der Waals surface area (Å²) in [4.78, 5) is 10.5. The molecule has 1 aliphatic heterocycles. The van der Waals surface area contributed by atoms with Gasteiger partial charge in [-0.3, -0.25) is 10.1 Å². The highest BCUT2D eigenvalue weighted by atomic mass is 32.2. The Kier molecular flexibility index (Phi) is 3.80. The molecule has 18 heavy (non-hydrogen) atoms. The van der Waals surface area contributed by atoms with Crippen molar-refractivity contribution in [2.75, 3.05) is 11.1 Å². The van der Waals surface area contributed by atoms with Crippen LogP contribution in [0.1, 0.15) is 24.5 Å². The molecule has 2 rings (SSSR count). The molecule has 98 valence electrons. The van der Waals surface area contributed by atoms with Crippen molar-refractivity contribution < 1.29 is 4.92 Å². The Balaban J connectivity index is 2.23. The van der Waals surface area contributed by atoms with Crippen molar-refractivity contribution in [2.45, 2.75) is 38.5 Å². The van der Waals surface area contributed by atoms with Gasteiger partial charge >= 0.3 is 0 Å². The fourth-order valence-electron chi connectivity index (χ4n) is 2.27. The van der Waals surface area contributed by atoms with E-state index in [1.54, 1.807) is 13.0 Å². The highest BCUT2D eigenvalue weighted by Crippen LogP contribution is 2.32. The molecular weight excluding hydrogens is 248 g/mol. The summed E-state index contributed by atoms with van der Waals surface area (Å²) in [5, 5.41) is 15.0.